The molecule has 3 heteroatoms. The Kier molecular flexibility index (Phi) is 7.82. The number of rotatable bonds is 4. The molecule has 0 saturated heterocycles. The summed E-state index contributed by atoms with van der Waals surface area (Å²) < 4.78 is 0. The van der Waals surface area contributed by atoms with Gasteiger partial charge < -0.3 is 9.90 Å². The van der Waals surface area contributed by atoms with Crippen molar-refractivity contribution in [3.63, 3.8) is 0 Å². The summed E-state index contributed by atoms with van der Waals surface area (Å²) in [5.74, 6) is -1.13. The van der Waals surface area contributed by atoms with Crippen LogP contribution in [0.3, 0.4) is 0 Å². The van der Waals surface area contributed by atoms with E-state index < -0.39 is 13.2 Å². The van der Waals surface area contributed by atoms with Crippen LogP contribution in [0.2, 0.25) is 0 Å². The van der Waals surface area contributed by atoms with E-state index in [9.17, 15) is 9.90 Å². The first-order valence-corrected chi connectivity index (χ1v) is 9.06. The lowest BCUT2D eigenvalue weighted by Gasteiger charge is -2.13. The topological polar surface area (TPSA) is 40.1 Å². The van der Waals surface area contributed by atoms with Gasteiger partial charge in [0.05, 0.1) is 18.3 Å². The molecule has 0 aliphatic rings. The zero-order valence-corrected chi connectivity index (χ0v) is 12.2. The largest absolute Gasteiger partial charge is 0.545 e. The molecule has 1 rings (SSSR count). The number of carbonyl (C=O) groups is 1. The molecule has 0 saturated carbocycles. The maximum Gasteiger partial charge on any atom is 0.0715 e. The van der Waals surface area contributed by atoms with Crippen molar-refractivity contribution in [1.82, 2.24) is 0 Å². The SMILES string of the molecule is CCC[P+](C)(C)CC.O=C([O-])c1ccccc1. The predicted octanol–water partition coefficient (Wildman–Crippen LogP) is 2.74. The summed E-state index contributed by atoms with van der Waals surface area (Å²) in [5.41, 5.74) is 0.220. The molecule has 1 aromatic carbocycles. The van der Waals surface area contributed by atoms with Crippen molar-refractivity contribution in [2.45, 2.75) is 20.3 Å². The Morgan fingerprint density at radius 1 is 1.18 bits per heavy atom. The molecule has 0 heterocycles. The van der Waals surface area contributed by atoms with E-state index in [1.807, 2.05) is 0 Å². The normalized spacial score (nSPS) is 10.4. The van der Waals surface area contributed by atoms with E-state index in [2.05, 4.69) is 27.2 Å². The maximum absolute atomic E-state index is 10.1. The highest BCUT2D eigenvalue weighted by atomic mass is 31.2. The van der Waals surface area contributed by atoms with Crippen LogP contribution in [0.1, 0.15) is 30.6 Å². The Hall–Kier alpha value is -0.880. The fourth-order valence-electron chi connectivity index (χ4n) is 1.34. The van der Waals surface area contributed by atoms with Crippen molar-refractivity contribution in [2.24, 2.45) is 0 Å². The van der Waals surface area contributed by atoms with Crippen LogP contribution in [0.5, 0.6) is 0 Å². The molecule has 0 bridgehead atoms. The van der Waals surface area contributed by atoms with Crippen LogP contribution >= 0.6 is 7.26 Å². The number of aromatic carboxylic acids is 1. The van der Waals surface area contributed by atoms with Crippen molar-refractivity contribution >= 4 is 13.2 Å². The standard InChI is InChI=1S/C7H6O2.C7H18P/c8-7(9)6-4-2-1-3-5-6;1-5-7-8(3,4)6-2/h1-5H,(H,8,9);5-7H2,1-4H3/q;+1/p-1. The first kappa shape index (κ1) is 16.1. The number of carboxylic acid groups (broad SMARTS) is 1. The monoisotopic (exact) mass is 254 g/mol. The highest BCUT2D eigenvalue weighted by molar-refractivity contribution is 7.74. The molecule has 0 atom stereocenters. The number of benzene rings is 1. The summed E-state index contributed by atoms with van der Waals surface area (Å²) in [5, 5.41) is 10.1. The lowest BCUT2D eigenvalue weighted by Crippen LogP contribution is -2.21. The fourth-order valence-corrected chi connectivity index (χ4v) is 2.86. The van der Waals surface area contributed by atoms with Gasteiger partial charge in [0.2, 0.25) is 0 Å². The highest BCUT2D eigenvalue weighted by Gasteiger charge is 2.19. The molecule has 0 aliphatic carbocycles. The van der Waals surface area contributed by atoms with Gasteiger partial charge in [-0.25, -0.2) is 0 Å². The molecular weight excluding hydrogens is 231 g/mol. The van der Waals surface area contributed by atoms with Crippen LogP contribution in [0.25, 0.3) is 0 Å². The van der Waals surface area contributed by atoms with Crippen LogP contribution in [0.4, 0.5) is 0 Å². The van der Waals surface area contributed by atoms with Gasteiger partial charge >= 0.3 is 0 Å². The Bertz CT molecular complexity index is 320. The molecule has 0 spiro atoms. The average Bonchev–Trinajstić information content (AvgIpc) is 2.31. The van der Waals surface area contributed by atoms with E-state index >= 15 is 0 Å². The molecule has 0 amide bonds. The Morgan fingerprint density at radius 2 is 1.71 bits per heavy atom. The van der Waals surface area contributed by atoms with Crippen LogP contribution in [0.15, 0.2) is 30.3 Å². The molecule has 0 radical (unpaired) electrons. The number of hydrogen-bond donors (Lipinski definition) is 0. The van der Waals surface area contributed by atoms with E-state index in [1.54, 1.807) is 18.2 Å². The van der Waals surface area contributed by atoms with E-state index in [0.29, 0.717) is 0 Å². The summed E-state index contributed by atoms with van der Waals surface area (Å²) in [7, 11) is -0.423. The first-order chi connectivity index (χ1) is 7.93. The van der Waals surface area contributed by atoms with Crippen molar-refractivity contribution in [1.29, 1.82) is 0 Å². The fraction of sp³-hybridized carbons (Fsp3) is 0.500. The molecule has 0 aromatic heterocycles. The molecule has 0 fully saturated rings. The van der Waals surface area contributed by atoms with Gasteiger partial charge in [-0.1, -0.05) is 37.3 Å². The quantitative estimate of drug-likeness (QED) is 0.775. The van der Waals surface area contributed by atoms with E-state index in [1.165, 1.54) is 30.9 Å². The average molecular weight is 254 g/mol. The second-order valence-corrected chi connectivity index (χ2v) is 9.58. The van der Waals surface area contributed by atoms with Crippen LogP contribution < -0.4 is 5.11 Å². The van der Waals surface area contributed by atoms with Crippen molar-refractivity contribution in [3.05, 3.63) is 35.9 Å². The van der Waals surface area contributed by atoms with Gasteiger partial charge in [0.1, 0.15) is 0 Å². The summed E-state index contributed by atoms with van der Waals surface area (Å²) in [6.07, 6.45) is 4.26. The second kappa shape index (κ2) is 8.25. The van der Waals surface area contributed by atoms with Crippen LogP contribution in [0, 0.1) is 0 Å². The van der Waals surface area contributed by atoms with Crippen molar-refractivity contribution in [3.8, 4) is 0 Å². The van der Waals surface area contributed by atoms with E-state index in [-0.39, 0.29) is 5.56 Å². The lowest BCUT2D eigenvalue weighted by atomic mass is 10.2. The molecule has 96 valence electrons. The Labute approximate surface area is 105 Å². The van der Waals surface area contributed by atoms with Crippen LogP contribution in [-0.2, 0) is 0 Å². The number of carbonyl (C=O) groups excluding carboxylic acids is 1. The van der Waals surface area contributed by atoms with Gasteiger partial charge in [-0.05, 0) is 18.9 Å². The molecular formula is C14H23O2P. The highest BCUT2D eigenvalue weighted by Crippen LogP contribution is 2.50. The van der Waals surface area contributed by atoms with E-state index in [4.69, 9.17) is 0 Å². The zero-order valence-electron chi connectivity index (χ0n) is 11.3. The van der Waals surface area contributed by atoms with Gasteiger partial charge in [0.25, 0.3) is 0 Å². The minimum atomic E-state index is -1.13. The maximum atomic E-state index is 10.1. The third kappa shape index (κ3) is 7.93. The van der Waals surface area contributed by atoms with Crippen molar-refractivity contribution < 1.29 is 9.90 Å². The Balaban J connectivity index is 0.000000304. The van der Waals surface area contributed by atoms with Gasteiger partial charge in [-0.3, -0.25) is 0 Å². The number of hydrogen-bond acceptors (Lipinski definition) is 2. The molecule has 2 nitrogen and oxygen atoms in total. The molecule has 17 heavy (non-hydrogen) atoms. The molecule has 0 aliphatic heterocycles. The van der Waals surface area contributed by atoms with Gasteiger partial charge in [0, 0.05) is 20.6 Å². The minimum Gasteiger partial charge on any atom is -0.545 e. The Morgan fingerprint density at radius 3 is 1.94 bits per heavy atom. The molecule has 1 aromatic rings. The first-order valence-electron chi connectivity index (χ1n) is 6.01. The zero-order chi connectivity index (χ0) is 13.3. The number of carboxylic acids is 1. The minimum absolute atomic E-state index is 0.220. The smallest absolute Gasteiger partial charge is 0.0715 e. The molecule has 0 unspecified atom stereocenters. The van der Waals surface area contributed by atoms with Gasteiger partial charge in [-0.15, -0.1) is 0 Å². The predicted molar refractivity (Wildman–Crippen MR) is 75.2 cm³/mol. The summed E-state index contributed by atoms with van der Waals surface area (Å²) >= 11 is 0. The van der Waals surface area contributed by atoms with Crippen LogP contribution in [-0.4, -0.2) is 31.6 Å². The van der Waals surface area contributed by atoms with Gasteiger partial charge in [0.15, 0.2) is 0 Å². The molecule has 0 N–H and O–H groups in total. The summed E-state index contributed by atoms with van der Waals surface area (Å²) in [4.78, 5) is 10.1. The van der Waals surface area contributed by atoms with E-state index in [0.717, 1.165) is 0 Å². The third-order valence-corrected chi connectivity index (χ3v) is 6.06. The third-order valence-electron chi connectivity index (χ3n) is 2.69. The second-order valence-electron chi connectivity index (χ2n) is 4.63. The lowest BCUT2D eigenvalue weighted by molar-refractivity contribution is -0.255. The van der Waals surface area contributed by atoms with Crippen molar-refractivity contribution in [2.75, 3.05) is 25.7 Å². The summed E-state index contributed by atoms with van der Waals surface area (Å²) in [6.45, 7) is 9.47. The summed E-state index contributed by atoms with van der Waals surface area (Å²) in [6, 6.07) is 8.06. The van der Waals surface area contributed by atoms with Gasteiger partial charge in [-0.2, -0.15) is 0 Å².